The quantitative estimate of drug-likeness (QED) is 0.913. The van der Waals surface area contributed by atoms with E-state index in [1.165, 1.54) is 6.07 Å². The van der Waals surface area contributed by atoms with Gasteiger partial charge in [0.15, 0.2) is 0 Å². The van der Waals surface area contributed by atoms with Crippen LogP contribution in [0.3, 0.4) is 0 Å². The molecule has 2 aromatic rings. The molecule has 1 fully saturated rings. The van der Waals surface area contributed by atoms with Gasteiger partial charge in [-0.2, -0.15) is 5.26 Å². The fourth-order valence-corrected chi connectivity index (χ4v) is 2.75. The molecule has 1 atom stereocenters. The van der Waals surface area contributed by atoms with Crippen LogP contribution >= 0.6 is 0 Å². The van der Waals surface area contributed by atoms with E-state index in [1.807, 2.05) is 17.2 Å². The van der Waals surface area contributed by atoms with Gasteiger partial charge >= 0.3 is 0 Å². The van der Waals surface area contributed by atoms with E-state index < -0.39 is 0 Å². The lowest BCUT2D eigenvalue weighted by Gasteiger charge is -2.33. The first-order valence-corrected chi connectivity index (χ1v) is 6.72. The molecule has 1 saturated heterocycles. The Hall–Kier alpha value is -2.35. The van der Waals surface area contributed by atoms with Crippen molar-refractivity contribution in [1.29, 1.82) is 5.26 Å². The van der Waals surface area contributed by atoms with Crippen molar-refractivity contribution in [2.24, 2.45) is 0 Å². The molecule has 0 bridgehead atoms. The van der Waals surface area contributed by atoms with Crippen molar-refractivity contribution in [3.05, 3.63) is 47.8 Å². The zero-order valence-electron chi connectivity index (χ0n) is 11.0. The molecule has 0 amide bonds. The van der Waals surface area contributed by atoms with E-state index in [-0.39, 0.29) is 5.82 Å². The zero-order valence-corrected chi connectivity index (χ0v) is 11.0. The van der Waals surface area contributed by atoms with Gasteiger partial charge in [0.25, 0.3) is 0 Å². The number of H-pyrrole nitrogens is 1. The summed E-state index contributed by atoms with van der Waals surface area (Å²) in [6, 6.07) is 6.61. The lowest BCUT2D eigenvalue weighted by Crippen LogP contribution is -2.35. The van der Waals surface area contributed by atoms with Gasteiger partial charge in [-0.15, -0.1) is 0 Å². The summed E-state index contributed by atoms with van der Waals surface area (Å²) in [6.07, 6.45) is 5.62. The Bertz CT molecular complexity index is 630. The normalized spacial score (nSPS) is 18.8. The minimum atomic E-state index is -0.329. The number of hydrogen-bond donors (Lipinski definition) is 1. The largest absolute Gasteiger partial charge is 0.368 e. The van der Waals surface area contributed by atoms with Crippen molar-refractivity contribution in [2.45, 2.75) is 18.8 Å². The maximum atomic E-state index is 14.1. The molecule has 4 nitrogen and oxygen atoms in total. The molecule has 0 aliphatic carbocycles. The summed E-state index contributed by atoms with van der Waals surface area (Å²) in [5.41, 5.74) is 0.922. The molecule has 5 heteroatoms. The van der Waals surface area contributed by atoms with E-state index in [4.69, 9.17) is 5.26 Å². The molecule has 3 rings (SSSR count). The third-order valence-electron chi connectivity index (χ3n) is 3.74. The summed E-state index contributed by atoms with van der Waals surface area (Å²) >= 11 is 0. The number of anilines is 1. The number of benzene rings is 1. The van der Waals surface area contributed by atoms with Crippen LogP contribution in [0.2, 0.25) is 0 Å². The minimum Gasteiger partial charge on any atom is -0.368 e. The highest BCUT2D eigenvalue weighted by molar-refractivity contribution is 5.51. The van der Waals surface area contributed by atoms with Crippen molar-refractivity contribution >= 4 is 5.69 Å². The van der Waals surface area contributed by atoms with Crippen molar-refractivity contribution in [2.75, 3.05) is 18.0 Å². The number of rotatable bonds is 2. The highest BCUT2D eigenvalue weighted by Gasteiger charge is 2.24. The summed E-state index contributed by atoms with van der Waals surface area (Å²) in [5.74, 6) is 0.932. The number of nitriles is 1. The molecule has 1 aliphatic rings. The Balaban J connectivity index is 1.82. The van der Waals surface area contributed by atoms with Gasteiger partial charge in [0.1, 0.15) is 11.6 Å². The van der Waals surface area contributed by atoms with E-state index in [0.29, 0.717) is 17.2 Å². The van der Waals surface area contributed by atoms with Crippen LogP contribution < -0.4 is 4.90 Å². The monoisotopic (exact) mass is 270 g/mol. The van der Waals surface area contributed by atoms with Crippen molar-refractivity contribution < 1.29 is 4.39 Å². The van der Waals surface area contributed by atoms with Gasteiger partial charge in [0, 0.05) is 31.4 Å². The van der Waals surface area contributed by atoms with Crippen LogP contribution in [0.25, 0.3) is 0 Å². The molecule has 102 valence electrons. The number of aromatic nitrogens is 2. The maximum absolute atomic E-state index is 14.1. The Morgan fingerprint density at radius 2 is 2.35 bits per heavy atom. The summed E-state index contributed by atoms with van der Waals surface area (Å²) in [7, 11) is 0. The van der Waals surface area contributed by atoms with Gasteiger partial charge in [0.2, 0.25) is 0 Å². The van der Waals surface area contributed by atoms with Gasteiger partial charge in [-0.05, 0) is 31.0 Å². The number of halogens is 1. The van der Waals surface area contributed by atoms with Crippen LogP contribution in [0.1, 0.15) is 30.1 Å². The molecule has 0 spiro atoms. The predicted octanol–water partition coefficient (Wildman–Crippen LogP) is 2.80. The second-order valence-electron chi connectivity index (χ2n) is 5.04. The van der Waals surface area contributed by atoms with Crippen molar-refractivity contribution in [3.8, 4) is 6.07 Å². The van der Waals surface area contributed by atoms with Gasteiger partial charge < -0.3 is 9.88 Å². The highest BCUT2D eigenvalue weighted by atomic mass is 19.1. The first kappa shape index (κ1) is 12.7. The van der Waals surface area contributed by atoms with E-state index >= 15 is 0 Å². The molecule has 1 aliphatic heterocycles. The fraction of sp³-hybridized carbons (Fsp3) is 0.333. The lowest BCUT2D eigenvalue weighted by molar-refractivity contribution is 0.487. The summed E-state index contributed by atoms with van der Waals surface area (Å²) in [6.45, 7) is 1.58. The Labute approximate surface area is 116 Å². The van der Waals surface area contributed by atoms with Crippen molar-refractivity contribution in [3.63, 3.8) is 0 Å². The first-order valence-electron chi connectivity index (χ1n) is 6.72. The van der Waals surface area contributed by atoms with Crippen LogP contribution in [0.4, 0.5) is 10.1 Å². The highest BCUT2D eigenvalue weighted by Crippen LogP contribution is 2.29. The summed E-state index contributed by atoms with van der Waals surface area (Å²) in [5, 5.41) is 8.79. The predicted molar refractivity (Wildman–Crippen MR) is 73.9 cm³/mol. The number of piperidine rings is 1. The number of nitrogens with zero attached hydrogens (tertiary/aromatic N) is 3. The van der Waals surface area contributed by atoms with E-state index in [0.717, 1.165) is 31.8 Å². The summed E-state index contributed by atoms with van der Waals surface area (Å²) < 4.78 is 14.1. The smallest absolute Gasteiger partial charge is 0.147 e. The molecular weight excluding hydrogens is 255 g/mol. The van der Waals surface area contributed by atoms with E-state index in [1.54, 1.807) is 18.3 Å². The SMILES string of the molecule is N#Cc1ccc(N2CCCC(c3ncc[nH]3)C2)c(F)c1. The molecule has 1 N–H and O–H groups in total. The molecular formula is C15H15FN4. The lowest BCUT2D eigenvalue weighted by atomic mass is 9.96. The standard InChI is InChI=1S/C15H15FN4/c16-13-8-11(9-17)3-4-14(13)20-7-1-2-12(10-20)15-18-5-6-19-15/h3-6,8,12H,1-2,7,10H2,(H,18,19). The second kappa shape index (κ2) is 5.33. The van der Waals surface area contributed by atoms with Crippen LogP contribution in [0.5, 0.6) is 0 Å². The topological polar surface area (TPSA) is 55.7 Å². The van der Waals surface area contributed by atoms with Gasteiger partial charge in [0.05, 0.1) is 17.3 Å². The van der Waals surface area contributed by atoms with Crippen LogP contribution in [0, 0.1) is 17.1 Å². The zero-order chi connectivity index (χ0) is 13.9. The number of aromatic amines is 1. The van der Waals surface area contributed by atoms with Crippen LogP contribution in [-0.2, 0) is 0 Å². The Morgan fingerprint density at radius 3 is 3.05 bits per heavy atom. The molecule has 2 heterocycles. The van der Waals surface area contributed by atoms with Crippen LogP contribution in [-0.4, -0.2) is 23.1 Å². The first-order chi connectivity index (χ1) is 9.78. The maximum Gasteiger partial charge on any atom is 0.147 e. The van der Waals surface area contributed by atoms with E-state index in [2.05, 4.69) is 9.97 Å². The average Bonchev–Trinajstić information content (AvgIpc) is 3.01. The van der Waals surface area contributed by atoms with Gasteiger partial charge in [-0.25, -0.2) is 9.37 Å². The van der Waals surface area contributed by atoms with Crippen molar-refractivity contribution in [1.82, 2.24) is 9.97 Å². The second-order valence-corrected chi connectivity index (χ2v) is 5.04. The van der Waals surface area contributed by atoms with Gasteiger partial charge in [-0.3, -0.25) is 0 Å². The molecule has 0 saturated carbocycles. The summed E-state index contributed by atoms with van der Waals surface area (Å²) in [4.78, 5) is 9.47. The van der Waals surface area contributed by atoms with E-state index in [9.17, 15) is 4.39 Å². The molecule has 1 unspecified atom stereocenters. The molecule has 20 heavy (non-hydrogen) atoms. The Kier molecular flexibility index (Phi) is 3.38. The molecule has 1 aromatic heterocycles. The number of imidazole rings is 1. The number of hydrogen-bond acceptors (Lipinski definition) is 3. The minimum absolute atomic E-state index is 0.300. The van der Waals surface area contributed by atoms with Crippen LogP contribution in [0.15, 0.2) is 30.6 Å². The average molecular weight is 270 g/mol. The van der Waals surface area contributed by atoms with Gasteiger partial charge in [-0.1, -0.05) is 0 Å². The fourth-order valence-electron chi connectivity index (χ4n) is 2.75. The molecule has 0 radical (unpaired) electrons. The third-order valence-corrected chi connectivity index (χ3v) is 3.74. The number of nitrogens with one attached hydrogen (secondary N) is 1. The third kappa shape index (κ3) is 2.37. The Morgan fingerprint density at radius 1 is 1.45 bits per heavy atom. The molecule has 1 aromatic carbocycles.